The van der Waals surface area contributed by atoms with E-state index in [1.54, 1.807) is 0 Å². The van der Waals surface area contributed by atoms with E-state index < -0.39 is 0 Å². The van der Waals surface area contributed by atoms with Crippen LogP contribution < -0.4 is 0 Å². The summed E-state index contributed by atoms with van der Waals surface area (Å²) < 4.78 is 0. The molecule has 0 radical (unpaired) electrons. The summed E-state index contributed by atoms with van der Waals surface area (Å²) in [5.74, 6) is 0. The number of rotatable bonds is 3. The van der Waals surface area contributed by atoms with E-state index in [9.17, 15) is 0 Å². The third-order valence-electron chi connectivity index (χ3n) is 9.23. The van der Waals surface area contributed by atoms with Crippen molar-refractivity contribution in [2.24, 2.45) is 0 Å². The Morgan fingerprint density at radius 3 is 1.09 bits per heavy atom. The molecule has 0 atom stereocenters. The van der Waals surface area contributed by atoms with Gasteiger partial charge in [0.2, 0.25) is 0 Å². The molecule has 9 aromatic carbocycles. The zero-order valence-corrected chi connectivity index (χ0v) is 24.2. The minimum absolute atomic E-state index is 1.22. The average molecular weight is 557 g/mol. The first-order chi connectivity index (χ1) is 21.9. The molecule has 9 rings (SSSR count). The summed E-state index contributed by atoms with van der Waals surface area (Å²) in [6.45, 7) is 0. The highest BCUT2D eigenvalue weighted by Gasteiger charge is 2.19. The summed E-state index contributed by atoms with van der Waals surface area (Å²) in [6, 6.07) is 62.2. The van der Waals surface area contributed by atoms with E-state index >= 15 is 0 Å². The summed E-state index contributed by atoms with van der Waals surface area (Å²) in [6.07, 6.45) is 0. The fraction of sp³-hybridized carbons (Fsp3) is 0. The van der Waals surface area contributed by atoms with Crippen molar-refractivity contribution in [2.75, 3.05) is 0 Å². The van der Waals surface area contributed by atoms with Crippen LogP contribution in [0.25, 0.3) is 87.2 Å². The van der Waals surface area contributed by atoms with Crippen LogP contribution in [-0.4, -0.2) is 0 Å². The van der Waals surface area contributed by atoms with Crippen LogP contribution in [0.1, 0.15) is 0 Å². The topological polar surface area (TPSA) is 0 Å². The van der Waals surface area contributed by atoms with Gasteiger partial charge in [-0.15, -0.1) is 0 Å². The summed E-state index contributed by atoms with van der Waals surface area (Å²) >= 11 is 0. The van der Waals surface area contributed by atoms with Gasteiger partial charge in [-0.3, -0.25) is 0 Å². The third-order valence-corrected chi connectivity index (χ3v) is 9.23. The molecule has 44 heavy (non-hydrogen) atoms. The molecule has 0 bridgehead atoms. The highest BCUT2D eigenvalue weighted by Crippen LogP contribution is 2.46. The van der Waals surface area contributed by atoms with Gasteiger partial charge in [-0.2, -0.15) is 0 Å². The Morgan fingerprint density at radius 2 is 0.614 bits per heavy atom. The highest BCUT2D eigenvalue weighted by atomic mass is 14.2. The van der Waals surface area contributed by atoms with Gasteiger partial charge in [-0.05, 0) is 93.3 Å². The Kier molecular flexibility index (Phi) is 5.61. The van der Waals surface area contributed by atoms with E-state index in [0.29, 0.717) is 0 Å². The molecule has 0 aliphatic rings. The Morgan fingerprint density at radius 1 is 0.227 bits per heavy atom. The van der Waals surface area contributed by atoms with Crippen molar-refractivity contribution in [3.05, 3.63) is 170 Å². The molecule has 0 aromatic heterocycles. The lowest BCUT2D eigenvalue weighted by atomic mass is 9.84. The average Bonchev–Trinajstić information content (AvgIpc) is 3.11. The molecule has 0 N–H and O–H groups in total. The van der Waals surface area contributed by atoms with Crippen LogP contribution in [0, 0.1) is 0 Å². The molecular formula is C44H28. The molecule has 0 heterocycles. The monoisotopic (exact) mass is 556 g/mol. The first-order valence-corrected chi connectivity index (χ1v) is 15.3. The molecule has 0 heteroatoms. The van der Waals surface area contributed by atoms with Gasteiger partial charge < -0.3 is 0 Å². The van der Waals surface area contributed by atoms with Crippen LogP contribution in [0.4, 0.5) is 0 Å². The zero-order valence-electron chi connectivity index (χ0n) is 24.2. The number of hydrogen-bond donors (Lipinski definition) is 0. The van der Waals surface area contributed by atoms with Crippen LogP contribution in [-0.2, 0) is 0 Å². The van der Waals surface area contributed by atoms with Gasteiger partial charge in [0.05, 0.1) is 0 Å². The second-order valence-corrected chi connectivity index (χ2v) is 11.6. The summed E-state index contributed by atoms with van der Waals surface area (Å²) in [5.41, 5.74) is 7.42. The van der Waals surface area contributed by atoms with E-state index in [-0.39, 0.29) is 0 Å². The molecule has 0 aliphatic heterocycles. The fourth-order valence-electron chi connectivity index (χ4n) is 7.36. The predicted molar refractivity (Wildman–Crippen MR) is 190 cm³/mol. The van der Waals surface area contributed by atoms with E-state index in [0.717, 1.165) is 0 Å². The van der Waals surface area contributed by atoms with E-state index in [1.807, 2.05) is 0 Å². The van der Waals surface area contributed by atoms with Gasteiger partial charge in [0.1, 0.15) is 0 Å². The third kappa shape index (κ3) is 3.71. The predicted octanol–water partition coefficient (Wildman–Crippen LogP) is 12.5. The maximum absolute atomic E-state index is 2.46. The van der Waals surface area contributed by atoms with E-state index in [4.69, 9.17) is 0 Å². The molecule has 9 aromatic rings. The fourth-order valence-corrected chi connectivity index (χ4v) is 7.36. The second kappa shape index (κ2) is 9.93. The van der Waals surface area contributed by atoms with Gasteiger partial charge in [0.25, 0.3) is 0 Å². The smallest absolute Gasteiger partial charge is 0.00137 e. The van der Waals surface area contributed by atoms with Gasteiger partial charge in [-0.25, -0.2) is 0 Å². The molecule has 0 spiro atoms. The van der Waals surface area contributed by atoms with Gasteiger partial charge >= 0.3 is 0 Å². The SMILES string of the molecule is c1ccc(-c2cccc(-c3ccccc3)c2-c2ccc3c4ccccc4c4c5ccccc5c5ccccc5c4c3c2)cc1. The van der Waals surface area contributed by atoms with Crippen molar-refractivity contribution in [2.45, 2.75) is 0 Å². The summed E-state index contributed by atoms with van der Waals surface area (Å²) in [4.78, 5) is 0. The Balaban J connectivity index is 1.48. The van der Waals surface area contributed by atoms with Crippen LogP contribution >= 0.6 is 0 Å². The van der Waals surface area contributed by atoms with Gasteiger partial charge in [0, 0.05) is 0 Å². The number of benzene rings is 9. The standard InChI is InChI=1S/C44H28/c1-3-14-29(15-4-1)32-24-13-25-33(30-16-5-2-6-17-30)42(32)31-26-27-37-36-20-9-11-22-39(36)43-38-21-10-7-18-34(38)35-19-8-12-23-40(35)44(43)41(37)28-31/h1-28H. The van der Waals surface area contributed by atoms with E-state index in [1.165, 1.54) is 87.2 Å². The second-order valence-electron chi connectivity index (χ2n) is 11.6. The van der Waals surface area contributed by atoms with Crippen molar-refractivity contribution in [3.63, 3.8) is 0 Å². The Hall–Kier alpha value is -5.72. The van der Waals surface area contributed by atoms with E-state index in [2.05, 4.69) is 170 Å². The van der Waals surface area contributed by atoms with Crippen LogP contribution in [0.5, 0.6) is 0 Å². The van der Waals surface area contributed by atoms with Crippen molar-refractivity contribution < 1.29 is 0 Å². The van der Waals surface area contributed by atoms with Crippen LogP contribution in [0.2, 0.25) is 0 Å². The largest absolute Gasteiger partial charge is 0.0622 e. The quantitative estimate of drug-likeness (QED) is 0.190. The molecule has 0 amide bonds. The summed E-state index contributed by atoms with van der Waals surface area (Å²) in [5, 5.41) is 13.0. The van der Waals surface area contributed by atoms with Gasteiger partial charge in [-0.1, -0.05) is 164 Å². The maximum Gasteiger partial charge on any atom is -0.00137 e. The number of fused-ring (bicyclic) bond motifs is 11. The molecule has 0 unspecified atom stereocenters. The molecule has 0 nitrogen and oxygen atoms in total. The maximum atomic E-state index is 2.46. The van der Waals surface area contributed by atoms with Crippen LogP contribution in [0.3, 0.4) is 0 Å². The number of hydrogen-bond acceptors (Lipinski definition) is 0. The first-order valence-electron chi connectivity index (χ1n) is 15.3. The molecule has 0 aliphatic carbocycles. The normalized spacial score (nSPS) is 11.6. The van der Waals surface area contributed by atoms with Crippen molar-refractivity contribution in [1.82, 2.24) is 0 Å². The molecule has 0 saturated heterocycles. The molecule has 0 fully saturated rings. The molecule has 0 saturated carbocycles. The van der Waals surface area contributed by atoms with Gasteiger partial charge in [0.15, 0.2) is 0 Å². The molecule has 204 valence electrons. The first kappa shape index (κ1) is 24.8. The zero-order chi connectivity index (χ0) is 29.0. The lowest BCUT2D eigenvalue weighted by Gasteiger charge is -2.19. The van der Waals surface area contributed by atoms with Crippen LogP contribution in [0.15, 0.2) is 170 Å². The Labute approximate surface area is 256 Å². The minimum atomic E-state index is 1.22. The highest BCUT2D eigenvalue weighted by molar-refractivity contribution is 6.39. The lowest BCUT2D eigenvalue weighted by Crippen LogP contribution is -1.92. The van der Waals surface area contributed by atoms with Crippen molar-refractivity contribution >= 4 is 53.9 Å². The lowest BCUT2D eigenvalue weighted by molar-refractivity contribution is 1.57. The Bertz CT molecular complexity index is 2450. The molecular weight excluding hydrogens is 528 g/mol. The van der Waals surface area contributed by atoms with Crippen molar-refractivity contribution in [1.29, 1.82) is 0 Å². The summed E-state index contributed by atoms with van der Waals surface area (Å²) in [7, 11) is 0. The van der Waals surface area contributed by atoms with Crippen molar-refractivity contribution in [3.8, 4) is 33.4 Å². The minimum Gasteiger partial charge on any atom is -0.0622 e.